The van der Waals surface area contributed by atoms with Gasteiger partial charge in [0.1, 0.15) is 48.8 Å². The van der Waals surface area contributed by atoms with Crippen LogP contribution in [0.1, 0.15) is 367 Å². The Morgan fingerprint density at radius 2 is 0.711 bits per heavy atom. The molecular formula is C83H153NO13. The number of unbranched alkanes of at least 4 members (excludes halogenated alkanes) is 48. The van der Waals surface area contributed by atoms with Gasteiger partial charge < -0.3 is 65.1 Å². The van der Waals surface area contributed by atoms with Gasteiger partial charge in [0.25, 0.3) is 0 Å². The van der Waals surface area contributed by atoms with Gasteiger partial charge in [0, 0.05) is 6.42 Å². The maximum Gasteiger partial charge on any atom is 0.220 e. The SMILES string of the molecule is CC/C=C\C/C=C\C/C=C\C/C=C\CCCCCCCCCCCCCCCCCCCCCCCCC(=O)NC(COC1OC(CO)C(OC2OC(CO)C(O)C(O)C2O)C(O)C1O)C(O)/C=C/CCCCCCCCCCCCCCCCCCCCCCCCCCCC. The number of amides is 1. The summed E-state index contributed by atoms with van der Waals surface area (Å²) < 4.78 is 22.9. The number of hydrogen-bond acceptors (Lipinski definition) is 13. The lowest BCUT2D eigenvalue weighted by Crippen LogP contribution is -2.65. The lowest BCUT2D eigenvalue weighted by molar-refractivity contribution is -0.359. The van der Waals surface area contributed by atoms with Crippen molar-refractivity contribution in [3.8, 4) is 0 Å². The van der Waals surface area contributed by atoms with Crippen molar-refractivity contribution in [2.75, 3.05) is 19.8 Å². The Morgan fingerprint density at radius 1 is 0.381 bits per heavy atom. The van der Waals surface area contributed by atoms with Crippen LogP contribution in [-0.4, -0.2) is 140 Å². The predicted molar refractivity (Wildman–Crippen MR) is 401 cm³/mol. The van der Waals surface area contributed by atoms with Crippen LogP contribution in [0.15, 0.2) is 60.8 Å². The van der Waals surface area contributed by atoms with Crippen molar-refractivity contribution in [3.63, 3.8) is 0 Å². The summed E-state index contributed by atoms with van der Waals surface area (Å²) in [7, 11) is 0. The molecule has 2 saturated heterocycles. The summed E-state index contributed by atoms with van der Waals surface area (Å²) in [5.74, 6) is -0.232. The van der Waals surface area contributed by atoms with Gasteiger partial charge in [-0.2, -0.15) is 0 Å². The Hall–Kier alpha value is -2.31. The van der Waals surface area contributed by atoms with E-state index in [4.69, 9.17) is 18.9 Å². The Labute approximate surface area is 594 Å². The van der Waals surface area contributed by atoms with Gasteiger partial charge in [-0.1, -0.05) is 364 Å². The number of nitrogens with one attached hydrogen (secondary N) is 1. The fourth-order valence-electron chi connectivity index (χ4n) is 13.5. The molecule has 2 fully saturated rings. The van der Waals surface area contributed by atoms with Crippen molar-refractivity contribution in [2.24, 2.45) is 0 Å². The summed E-state index contributed by atoms with van der Waals surface area (Å²) in [6, 6.07) is -0.916. The van der Waals surface area contributed by atoms with Crippen LogP contribution in [0.4, 0.5) is 0 Å². The van der Waals surface area contributed by atoms with E-state index in [1.807, 2.05) is 6.08 Å². The fourth-order valence-corrected chi connectivity index (χ4v) is 13.5. The van der Waals surface area contributed by atoms with Crippen LogP contribution in [0.5, 0.6) is 0 Å². The van der Waals surface area contributed by atoms with Gasteiger partial charge in [-0.15, -0.1) is 0 Å². The molecule has 2 rings (SSSR count). The molecule has 0 aliphatic carbocycles. The first-order chi connectivity index (χ1) is 47.6. The maximum absolute atomic E-state index is 13.4. The quantitative estimate of drug-likeness (QED) is 0.0204. The lowest BCUT2D eigenvalue weighted by atomic mass is 9.97. The summed E-state index contributed by atoms with van der Waals surface area (Å²) in [6.45, 7) is 2.75. The number of aliphatic hydroxyl groups excluding tert-OH is 8. The van der Waals surface area contributed by atoms with Crippen molar-refractivity contribution < 1.29 is 64.6 Å². The number of aliphatic hydroxyl groups is 8. The largest absolute Gasteiger partial charge is 0.394 e. The second kappa shape index (κ2) is 66.9. The third kappa shape index (κ3) is 49.9. The average molecular weight is 1370 g/mol. The van der Waals surface area contributed by atoms with Crippen LogP contribution in [0.3, 0.4) is 0 Å². The van der Waals surface area contributed by atoms with E-state index in [9.17, 15) is 45.6 Å². The third-order valence-electron chi connectivity index (χ3n) is 20.0. The van der Waals surface area contributed by atoms with Crippen LogP contribution in [0, 0.1) is 0 Å². The van der Waals surface area contributed by atoms with Crippen molar-refractivity contribution in [3.05, 3.63) is 60.8 Å². The van der Waals surface area contributed by atoms with E-state index < -0.39 is 86.8 Å². The van der Waals surface area contributed by atoms with Crippen LogP contribution < -0.4 is 5.32 Å². The fraction of sp³-hybridized carbons (Fsp3) is 0.867. The summed E-state index contributed by atoms with van der Waals surface area (Å²) in [6.07, 6.45) is 74.5. The molecule has 2 aliphatic heterocycles. The zero-order valence-corrected chi connectivity index (χ0v) is 62.3. The molecule has 2 heterocycles. The summed E-state index contributed by atoms with van der Waals surface area (Å²) in [5.41, 5.74) is 0. The number of allylic oxidation sites excluding steroid dienone is 9. The third-order valence-corrected chi connectivity index (χ3v) is 20.0. The number of carbonyl (C=O) groups excluding carboxylic acids is 1. The number of rotatable bonds is 69. The number of carbonyl (C=O) groups is 1. The van der Waals surface area contributed by atoms with Crippen molar-refractivity contribution in [1.82, 2.24) is 5.32 Å². The molecule has 0 saturated carbocycles. The topological polar surface area (TPSA) is 228 Å². The molecule has 14 nitrogen and oxygen atoms in total. The second-order valence-electron chi connectivity index (χ2n) is 28.9. The molecular weight excluding hydrogens is 1220 g/mol. The van der Waals surface area contributed by atoms with Crippen LogP contribution in [0.2, 0.25) is 0 Å². The summed E-state index contributed by atoms with van der Waals surface area (Å²) >= 11 is 0. The highest BCUT2D eigenvalue weighted by molar-refractivity contribution is 5.76. The van der Waals surface area contributed by atoms with Gasteiger partial charge in [0.05, 0.1) is 32.0 Å². The van der Waals surface area contributed by atoms with Gasteiger partial charge in [-0.05, 0) is 57.8 Å². The van der Waals surface area contributed by atoms with E-state index in [0.29, 0.717) is 6.42 Å². The first kappa shape index (κ1) is 90.8. The van der Waals surface area contributed by atoms with Crippen LogP contribution in [0.25, 0.3) is 0 Å². The highest BCUT2D eigenvalue weighted by atomic mass is 16.7. The maximum atomic E-state index is 13.4. The molecule has 0 bridgehead atoms. The molecule has 12 unspecified atom stereocenters. The zero-order valence-electron chi connectivity index (χ0n) is 62.3. The molecule has 0 radical (unpaired) electrons. The molecule has 97 heavy (non-hydrogen) atoms. The van der Waals surface area contributed by atoms with Crippen molar-refractivity contribution in [2.45, 2.75) is 441 Å². The molecule has 1 amide bonds. The second-order valence-corrected chi connectivity index (χ2v) is 28.9. The monoisotopic (exact) mass is 1370 g/mol. The predicted octanol–water partition coefficient (Wildman–Crippen LogP) is 18.7. The smallest absolute Gasteiger partial charge is 0.220 e. The van der Waals surface area contributed by atoms with E-state index in [1.54, 1.807) is 6.08 Å². The number of hydrogen-bond donors (Lipinski definition) is 9. The normalized spacial score (nSPS) is 22.4. The molecule has 0 aromatic rings. The molecule has 9 N–H and O–H groups in total. The Balaban J connectivity index is 1.60. The van der Waals surface area contributed by atoms with Gasteiger partial charge in [0.15, 0.2) is 12.6 Å². The Morgan fingerprint density at radius 3 is 1.09 bits per heavy atom. The minimum atomic E-state index is -1.79. The summed E-state index contributed by atoms with van der Waals surface area (Å²) in [5, 5.41) is 87.7. The lowest BCUT2D eigenvalue weighted by Gasteiger charge is -2.46. The molecule has 0 spiro atoms. The average Bonchev–Trinajstić information content (AvgIpc) is 0.793. The number of ether oxygens (including phenoxy) is 4. The van der Waals surface area contributed by atoms with E-state index in [-0.39, 0.29) is 18.9 Å². The minimum absolute atomic E-state index is 0.232. The van der Waals surface area contributed by atoms with E-state index in [0.717, 1.165) is 64.2 Å². The Bertz CT molecular complexity index is 1860. The van der Waals surface area contributed by atoms with Crippen molar-refractivity contribution >= 4 is 5.91 Å². The van der Waals surface area contributed by atoms with Gasteiger partial charge in [0.2, 0.25) is 5.91 Å². The Kier molecular flexibility index (Phi) is 62.6. The standard InChI is InChI=1S/C83H153NO13/c1-3-5-7-9-11-13-15-17-19-21-23-25-27-29-31-33-34-35-36-37-38-39-41-43-45-47-49-51-53-55-57-59-61-63-65-67-75(88)84-71(70-94-82-80(93)78(91)81(74(69-86)96-82)97-83-79(92)77(90)76(89)73(68-85)95-83)72(87)66-64-62-60-58-56-54-52-50-48-46-44-42-40-32-30-28-26-24-22-20-18-16-14-12-10-8-6-4-2/h5,7,11,13,17,19,23,25,64,66,71-74,76-83,85-87,89-93H,3-4,6,8-10,12,14-16,18,20-22,24,26-63,65,67-70H2,1-2H3,(H,84,88)/b7-5-,13-11-,19-17-,25-23-,66-64+. The highest BCUT2D eigenvalue weighted by Crippen LogP contribution is 2.30. The highest BCUT2D eigenvalue weighted by Gasteiger charge is 2.51. The molecule has 2 aliphatic rings. The zero-order chi connectivity index (χ0) is 70.1. The van der Waals surface area contributed by atoms with Crippen LogP contribution in [-0.2, 0) is 23.7 Å². The minimum Gasteiger partial charge on any atom is -0.394 e. The van der Waals surface area contributed by atoms with Crippen molar-refractivity contribution in [1.29, 1.82) is 0 Å². The first-order valence-corrected chi connectivity index (χ1v) is 41.0. The van der Waals surface area contributed by atoms with E-state index in [2.05, 4.69) is 67.8 Å². The van der Waals surface area contributed by atoms with Gasteiger partial charge in [-0.25, -0.2) is 0 Å². The van der Waals surface area contributed by atoms with E-state index in [1.165, 1.54) is 276 Å². The van der Waals surface area contributed by atoms with E-state index >= 15 is 0 Å². The first-order valence-electron chi connectivity index (χ1n) is 41.0. The molecule has 568 valence electrons. The molecule has 0 aromatic carbocycles. The molecule has 12 atom stereocenters. The molecule has 14 heteroatoms. The van der Waals surface area contributed by atoms with Gasteiger partial charge >= 0.3 is 0 Å². The summed E-state index contributed by atoms with van der Waals surface area (Å²) in [4.78, 5) is 13.4. The molecule has 0 aromatic heterocycles. The van der Waals surface area contributed by atoms with Gasteiger partial charge in [-0.3, -0.25) is 4.79 Å². The van der Waals surface area contributed by atoms with Crippen LogP contribution >= 0.6 is 0 Å².